The van der Waals surface area contributed by atoms with E-state index in [1.54, 1.807) is 41.5 Å². The first kappa shape index (κ1) is 22.3. The van der Waals surface area contributed by atoms with Gasteiger partial charge in [0.1, 0.15) is 10.0 Å². The Morgan fingerprint density at radius 2 is 1.82 bits per heavy atom. The van der Waals surface area contributed by atoms with Crippen molar-refractivity contribution < 1.29 is 4.79 Å². The zero-order valence-corrected chi connectivity index (χ0v) is 18.5. The first-order valence-corrected chi connectivity index (χ1v) is 11.5. The van der Waals surface area contributed by atoms with Gasteiger partial charge in [-0.25, -0.2) is 0 Å². The summed E-state index contributed by atoms with van der Waals surface area (Å²) in [7, 11) is 3.56. The van der Waals surface area contributed by atoms with Crippen molar-refractivity contribution in [1.82, 2.24) is 20.4 Å². The molecule has 1 amide bonds. The Morgan fingerprint density at radius 3 is 2.43 bits per heavy atom. The van der Waals surface area contributed by atoms with Crippen LogP contribution in [0.4, 0.5) is 10.3 Å². The predicted molar refractivity (Wildman–Crippen MR) is 121 cm³/mol. The van der Waals surface area contributed by atoms with E-state index in [0.717, 1.165) is 45.1 Å². The van der Waals surface area contributed by atoms with Gasteiger partial charge in [0.05, 0.1) is 6.42 Å². The smallest absolute Gasteiger partial charge is 0.232 e. The van der Waals surface area contributed by atoms with E-state index >= 15 is 0 Å². The van der Waals surface area contributed by atoms with Crippen molar-refractivity contribution in [1.29, 1.82) is 0 Å². The third-order valence-electron chi connectivity index (χ3n) is 3.67. The van der Waals surface area contributed by atoms with Crippen LogP contribution < -0.4 is 10.2 Å². The first-order chi connectivity index (χ1) is 13.6. The second kappa shape index (κ2) is 11.7. The lowest BCUT2D eigenvalue weighted by atomic mass is 10.1. The van der Waals surface area contributed by atoms with Gasteiger partial charge in [0, 0.05) is 26.9 Å². The molecule has 2 heterocycles. The summed E-state index contributed by atoms with van der Waals surface area (Å²) >= 11 is 4.89. The highest BCUT2D eigenvalue weighted by Crippen LogP contribution is 2.22. The Balaban J connectivity index is 1.75. The number of nitrogens with zero attached hydrogens (tertiary/aromatic N) is 5. The molecular weight excluding hydrogens is 412 g/mol. The maximum atomic E-state index is 12.4. The molecule has 0 unspecified atom stereocenters. The number of thioether (sulfide) groups is 1. The zero-order valence-electron chi connectivity index (χ0n) is 16.1. The number of carbonyl (C=O) groups excluding carboxylic acids is 1. The number of aromatic nitrogens is 4. The number of hydrogen-bond acceptors (Lipinski definition) is 9. The molecule has 0 radical (unpaired) electrons. The molecule has 2 aromatic heterocycles. The molecular formula is C18H24N6OS3. The fourth-order valence-corrected chi connectivity index (χ4v) is 4.76. The summed E-state index contributed by atoms with van der Waals surface area (Å²) < 4.78 is 0. The maximum Gasteiger partial charge on any atom is 0.232 e. The van der Waals surface area contributed by atoms with Gasteiger partial charge >= 0.3 is 0 Å². The van der Waals surface area contributed by atoms with Gasteiger partial charge < -0.3 is 5.32 Å². The van der Waals surface area contributed by atoms with Gasteiger partial charge in [0.2, 0.25) is 16.2 Å². The minimum Gasteiger partial charge on any atom is -0.363 e. The lowest BCUT2D eigenvalue weighted by Crippen LogP contribution is -2.26. The number of rotatable bonds is 12. The van der Waals surface area contributed by atoms with Crippen LogP contribution in [0.5, 0.6) is 0 Å². The van der Waals surface area contributed by atoms with Gasteiger partial charge in [-0.05, 0) is 17.1 Å². The Bertz CT molecular complexity index is 829. The normalized spacial score (nSPS) is 11.3. The van der Waals surface area contributed by atoms with Gasteiger partial charge in [0.15, 0.2) is 0 Å². The molecule has 7 nitrogen and oxygen atoms in total. The van der Waals surface area contributed by atoms with Crippen LogP contribution in [0.1, 0.15) is 16.4 Å². The quantitative estimate of drug-likeness (QED) is 0.402. The number of aryl methyl sites for hydroxylation is 2. The largest absolute Gasteiger partial charge is 0.363 e. The van der Waals surface area contributed by atoms with Crippen molar-refractivity contribution in [3.63, 3.8) is 0 Å². The summed E-state index contributed by atoms with van der Waals surface area (Å²) in [6, 6.07) is 0. The van der Waals surface area contributed by atoms with Crippen molar-refractivity contribution in [3.05, 3.63) is 47.0 Å². The number of amides is 1. The van der Waals surface area contributed by atoms with Gasteiger partial charge in [-0.15, -0.1) is 20.4 Å². The second-order valence-corrected chi connectivity index (χ2v) is 8.98. The summed E-state index contributed by atoms with van der Waals surface area (Å²) in [5.74, 6) is 1.89. The summed E-state index contributed by atoms with van der Waals surface area (Å²) in [5, 5.41) is 23.0. The Kier molecular flexibility index (Phi) is 9.32. The Labute approximate surface area is 177 Å². The third-order valence-corrected chi connectivity index (χ3v) is 6.71. The van der Waals surface area contributed by atoms with Crippen molar-refractivity contribution in [2.45, 2.75) is 19.3 Å². The van der Waals surface area contributed by atoms with Crippen molar-refractivity contribution in [2.75, 3.05) is 35.8 Å². The van der Waals surface area contributed by atoms with E-state index in [1.165, 1.54) is 11.3 Å². The topological polar surface area (TPSA) is 83.9 Å². The zero-order chi connectivity index (χ0) is 20.4. The average molecular weight is 437 g/mol. The van der Waals surface area contributed by atoms with E-state index in [-0.39, 0.29) is 12.3 Å². The van der Waals surface area contributed by atoms with Gasteiger partial charge in [-0.3, -0.25) is 9.69 Å². The molecule has 1 N–H and O–H groups in total. The fraction of sp³-hybridized carbons (Fsp3) is 0.389. The molecule has 0 fully saturated rings. The molecule has 0 aliphatic carbocycles. The molecule has 0 aliphatic heterocycles. The van der Waals surface area contributed by atoms with Crippen LogP contribution in [-0.4, -0.2) is 51.9 Å². The summed E-state index contributed by atoms with van der Waals surface area (Å²) in [5.41, 5.74) is 0.824. The molecule has 10 heteroatoms. The molecule has 0 aliphatic rings. The lowest BCUT2D eigenvalue weighted by molar-refractivity contribution is -0.117. The van der Waals surface area contributed by atoms with Crippen molar-refractivity contribution >= 4 is 50.6 Å². The molecule has 0 saturated carbocycles. The van der Waals surface area contributed by atoms with E-state index in [1.807, 2.05) is 18.8 Å². The molecule has 2 aromatic rings. The highest BCUT2D eigenvalue weighted by atomic mass is 32.2. The van der Waals surface area contributed by atoms with Crippen LogP contribution in [0.2, 0.25) is 0 Å². The summed E-state index contributed by atoms with van der Waals surface area (Å²) in [6.45, 7) is 7.36. The van der Waals surface area contributed by atoms with E-state index in [4.69, 9.17) is 0 Å². The van der Waals surface area contributed by atoms with E-state index in [0.29, 0.717) is 5.13 Å². The number of allylic oxidation sites excluding steroid dienone is 3. The summed E-state index contributed by atoms with van der Waals surface area (Å²) in [6.07, 6.45) is 7.09. The first-order valence-electron chi connectivity index (χ1n) is 8.68. The monoisotopic (exact) mass is 436 g/mol. The third kappa shape index (κ3) is 6.84. The molecule has 0 bridgehead atoms. The molecule has 0 aromatic carbocycles. The fourth-order valence-electron chi connectivity index (χ4n) is 2.11. The van der Waals surface area contributed by atoms with Crippen LogP contribution >= 0.6 is 34.4 Å². The molecule has 0 saturated heterocycles. The molecule has 150 valence electrons. The Hall–Kier alpha value is -2.04. The van der Waals surface area contributed by atoms with Gasteiger partial charge in [-0.2, -0.15) is 11.8 Å². The molecule has 0 atom stereocenters. The van der Waals surface area contributed by atoms with E-state index in [9.17, 15) is 4.79 Å². The van der Waals surface area contributed by atoms with Crippen LogP contribution in [0.25, 0.3) is 0 Å². The van der Waals surface area contributed by atoms with Crippen molar-refractivity contribution in [3.8, 4) is 0 Å². The minimum absolute atomic E-state index is 0.0527. The van der Waals surface area contributed by atoms with Crippen LogP contribution in [-0.2, 0) is 17.6 Å². The van der Waals surface area contributed by atoms with E-state index < -0.39 is 0 Å². The summed E-state index contributed by atoms with van der Waals surface area (Å²) in [4.78, 5) is 13.9. The average Bonchev–Trinajstić information content (AvgIpc) is 3.36. The van der Waals surface area contributed by atoms with E-state index in [2.05, 4.69) is 38.9 Å². The number of anilines is 2. The number of carbonyl (C=O) groups is 1. The lowest BCUT2D eigenvalue weighted by Gasteiger charge is -2.13. The van der Waals surface area contributed by atoms with Crippen LogP contribution in [0.15, 0.2) is 37.0 Å². The SMILES string of the molecule is C=C/C=C(\C=C)CC(=O)N(C)c1nnc(CCSCCc2nnc(NC)s2)s1. The number of hydrogen-bond donors (Lipinski definition) is 1. The standard InChI is InChI=1S/C18H24N6OS3/c1-5-7-13(6-2)12-16(25)24(4)18-23-21-15(28-18)9-11-26-10-8-14-20-22-17(19-3)27-14/h5-7H,1-2,8-12H2,3-4H3,(H,19,22)/b13-7+. The van der Waals surface area contributed by atoms with Crippen LogP contribution in [0, 0.1) is 0 Å². The highest BCUT2D eigenvalue weighted by molar-refractivity contribution is 7.99. The predicted octanol–water partition coefficient (Wildman–Crippen LogP) is 3.60. The van der Waals surface area contributed by atoms with Crippen LogP contribution in [0.3, 0.4) is 0 Å². The molecule has 0 spiro atoms. The molecule has 28 heavy (non-hydrogen) atoms. The Morgan fingerprint density at radius 1 is 1.14 bits per heavy atom. The van der Waals surface area contributed by atoms with Gasteiger partial charge in [0.25, 0.3) is 0 Å². The second-order valence-electron chi connectivity index (χ2n) is 5.65. The maximum absolute atomic E-state index is 12.4. The van der Waals surface area contributed by atoms with Gasteiger partial charge in [-0.1, -0.05) is 54.1 Å². The van der Waals surface area contributed by atoms with Crippen molar-refractivity contribution in [2.24, 2.45) is 0 Å². The highest BCUT2D eigenvalue weighted by Gasteiger charge is 2.16. The molecule has 2 rings (SSSR count). The number of nitrogens with one attached hydrogen (secondary N) is 1. The minimum atomic E-state index is -0.0527.